The van der Waals surface area contributed by atoms with Crippen LogP contribution in [0, 0.1) is 0 Å². The van der Waals surface area contributed by atoms with Gasteiger partial charge in [-0.05, 0) is 19.3 Å². The van der Waals surface area contributed by atoms with E-state index >= 15 is 0 Å². The lowest BCUT2D eigenvalue weighted by Crippen LogP contribution is -2.41. The van der Waals surface area contributed by atoms with E-state index in [0.717, 1.165) is 38.8 Å². The molecule has 0 aromatic carbocycles. The molecule has 0 spiro atoms. The number of carbonyl (C=O) groups excluding carboxylic acids is 1. The summed E-state index contributed by atoms with van der Waals surface area (Å²) in [5, 5.41) is 6.20. The molecule has 0 bridgehead atoms. The summed E-state index contributed by atoms with van der Waals surface area (Å²) < 4.78 is 5.41. The zero-order chi connectivity index (χ0) is 13.1. The molecule has 0 saturated heterocycles. The molecule has 2 N–H and O–H groups in total. The van der Waals surface area contributed by atoms with Gasteiger partial charge in [-0.2, -0.15) is 0 Å². The van der Waals surface area contributed by atoms with E-state index in [2.05, 4.69) is 17.6 Å². The second-order valence-corrected chi connectivity index (χ2v) is 5.05. The van der Waals surface area contributed by atoms with Crippen molar-refractivity contribution in [1.82, 2.24) is 10.6 Å². The Labute approximate surface area is 111 Å². The fraction of sp³-hybridized carbons (Fsp3) is 0.929. The molecule has 1 aliphatic rings. The average Bonchev–Trinajstić information content (AvgIpc) is 2.39. The number of carbonyl (C=O) groups is 1. The first-order chi connectivity index (χ1) is 8.83. The monoisotopic (exact) mass is 256 g/mol. The van der Waals surface area contributed by atoms with Crippen LogP contribution in [0.3, 0.4) is 0 Å². The van der Waals surface area contributed by atoms with Crippen LogP contribution in [-0.2, 0) is 9.53 Å². The van der Waals surface area contributed by atoms with Crippen LogP contribution < -0.4 is 10.6 Å². The first-order valence-corrected chi connectivity index (χ1v) is 7.40. The third kappa shape index (κ3) is 7.67. The molecule has 0 aromatic heterocycles. The van der Waals surface area contributed by atoms with Crippen molar-refractivity contribution in [2.24, 2.45) is 0 Å². The van der Waals surface area contributed by atoms with Crippen molar-refractivity contribution in [3.8, 4) is 0 Å². The number of unbranched alkanes of at least 4 members (excludes halogenated alkanes) is 1. The van der Waals surface area contributed by atoms with Crippen molar-refractivity contribution in [3.63, 3.8) is 0 Å². The summed E-state index contributed by atoms with van der Waals surface area (Å²) in [5.41, 5.74) is 0. The maximum atomic E-state index is 11.6. The van der Waals surface area contributed by atoms with E-state index in [9.17, 15) is 4.79 Å². The largest absolute Gasteiger partial charge is 0.380 e. The summed E-state index contributed by atoms with van der Waals surface area (Å²) in [6, 6.07) is 0.411. The van der Waals surface area contributed by atoms with Gasteiger partial charge in [-0.1, -0.05) is 32.6 Å². The molecule has 4 heteroatoms. The van der Waals surface area contributed by atoms with E-state index in [4.69, 9.17) is 4.74 Å². The summed E-state index contributed by atoms with van der Waals surface area (Å²) in [7, 11) is 0. The van der Waals surface area contributed by atoms with Crippen molar-refractivity contribution < 1.29 is 9.53 Å². The zero-order valence-electron chi connectivity index (χ0n) is 11.7. The van der Waals surface area contributed by atoms with Crippen molar-refractivity contribution in [1.29, 1.82) is 0 Å². The number of rotatable bonds is 9. The minimum atomic E-state index is 0.121. The van der Waals surface area contributed by atoms with Crippen LogP contribution >= 0.6 is 0 Å². The highest BCUT2D eigenvalue weighted by molar-refractivity contribution is 5.78. The molecule has 0 atom stereocenters. The van der Waals surface area contributed by atoms with Gasteiger partial charge in [0.05, 0.1) is 13.2 Å². The normalized spacial score (nSPS) is 16.7. The Hall–Kier alpha value is -0.610. The molecule has 0 radical (unpaired) electrons. The SMILES string of the molecule is CCCCOCCNCC(=O)NC1CCCCC1. The van der Waals surface area contributed by atoms with Gasteiger partial charge in [0.2, 0.25) is 5.91 Å². The van der Waals surface area contributed by atoms with Crippen molar-refractivity contribution in [2.45, 2.75) is 57.9 Å². The van der Waals surface area contributed by atoms with Crippen LogP contribution in [-0.4, -0.2) is 38.3 Å². The first kappa shape index (κ1) is 15.4. The maximum absolute atomic E-state index is 11.6. The highest BCUT2D eigenvalue weighted by Gasteiger charge is 2.14. The zero-order valence-corrected chi connectivity index (χ0v) is 11.7. The van der Waals surface area contributed by atoms with Crippen LogP contribution in [0.1, 0.15) is 51.9 Å². The van der Waals surface area contributed by atoms with Gasteiger partial charge in [-0.25, -0.2) is 0 Å². The summed E-state index contributed by atoms with van der Waals surface area (Å²) in [4.78, 5) is 11.6. The van der Waals surface area contributed by atoms with Gasteiger partial charge in [0.15, 0.2) is 0 Å². The van der Waals surface area contributed by atoms with Gasteiger partial charge in [0.1, 0.15) is 0 Å². The molecular weight excluding hydrogens is 228 g/mol. The lowest BCUT2D eigenvalue weighted by Gasteiger charge is -2.22. The van der Waals surface area contributed by atoms with Crippen LogP contribution in [0.4, 0.5) is 0 Å². The van der Waals surface area contributed by atoms with Crippen molar-refractivity contribution in [3.05, 3.63) is 0 Å². The third-order valence-corrected chi connectivity index (χ3v) is 3.32. The molecule has 0 aliphatic heterocycles. The topological polar surface area (TPSA) is 50.4 Å². The Morgan fingerprint density at radius 3 is 2.72 bits per heavy atom. The minimum Gasteiger partial charge on any atom is -0.380 e. The molecule has 0 heterocycles. The quantitative estimate of drug-likeness (QED) is 0.619. The van der Waals surface area contributed by atoms with E-state index < -0.39 is 0 Å². The van der Waals surface area contributed by atoms with E-state index in [1.807, 2.05) is 0 Å². The Morgan fingerprint density at radius 1 is 1.22 bits per heavy atom. The van der Waals surface area contributed by atoms with Gasteiger partial charge >= 0.3 is 0 Å². The van der Waals surface area contributed by atoms with Crippen molar-refractivity contribution in [2.75, 3.05) is 26.3 Å². The molecule has 0 unspecified atom stereocenters. The molecule has 1 amide bonds. The molecular formula is C14H28N2O2. The Kier molecular flexibility index (Phi) is 8.86. The van der Waals surface area contributed by atoms with Crippen LogP contribution in [0.15, 0.2) is 0 Å². The predicted molar refractivity (Wildman–Crippen MR) is 73.6 cm³/mol. The Bertz CT molecular complexity index is 216. The molecule has 4 nitrogen and oxygen atoms in total. The third-order valence-electron chi connectivity index (χ3n) is 3.32. The van der Waals surface area contributed by atoms with E-state index in [1.165, 1.54) is 19.3 Å². The highest BCUT2D eigenvalue weighted by atomic mass is 16.5. The maximum Gasteiger partial charge on any atom is 0.234 e. The van der Waals surface area contributed by atoms with Crippen LogP contribution in [0.25, 0.3) is 0 Å². The molecule has 1 aliphatic carbocycles. The minimum absolute atomic E-state index is 0.121. The van der Waals surface area contributed by atoms with Crippen LogP contribution in [0.2, 0.25) is 0 Å². The average molecular weight is 256 g/mol. The van der Waals surface area contributed by atoms with Gasteiger partial charge in [-0.15, -0.1) is 0 Å². The lowest BCUT2D eigenvalue weighted by molar-refractivity contribution is -0.121. The van der Waals surface area contributed by atoms with Gasteiger partial charge in [0.25, 0.3) is 0 Å². The number of nitrogens with one attached hydrogen (secondary N) is 2. The van der Waals surface area contributed by atoms with E-state index in [0.29, 0.717) is 19.2 Å². The molecule has 0 aromatic rings. The summed E-state index contributed by atoms with van der Waals surface area (Å²) >= 11 is 0. The summed E-state index contributed by atoms with van der Waals surface area (Å²) in [6.07, 6.45) is 8.39. The standard InChI is InChI=1S/C14H28N2O2/c1-2-3-10-18-11-9-15-12-14(17)16-13-7-5-4-6-8-13/h13,15H,2-12H2,1H3,(H,16,17). The summed E-state index contributed by atoms with van der Waals surface area (Å²) in [5.74, 6) is 0.121. The fourth-order valence-electron chi connectivity index (χ4n) is 2.22. The lowest BCUT2D eigenvalue weighted by atomic mass is 9.95. The Balaban J connectivity index is 1.90. The number of ether oxygens (including phenoxy) is 1. The predicted octanol–water partition coefficient (Wildman–Crippen LogP) is 1.84. The molecule has 106 valence electrons. The molecule has 1 saturated carbocycles. The van der Waals surface area contributed by atoms with Gasteiger partial charge in [-0.3, -0.25) is 4.79 Å². The second-order valence-electron chi connectivity index (χ2n) is 5.05. The van der Waals surface area contributed by atoms with E-state index in [-0.39, 0.29) is 5.91 Å². The van der Waals surface area contributed by atoms with Crippen molar-refractivity contribution >= 4 is 5.91 Å². The Morgan fingerprint density at radius 2 is 2.00 bits per heavy atom. The number of hydrogen-bond donors (Lipinski definition) is 2. The molecule has 18 heavy (non-hydrogen) atoms. The van der Waals surface area contributed by atoms with Gasteiger partial charge in [0, 0.05) is 19.2 Å². The molecule has 1 fully saturated rings. The number of amides is 1. The van der Waals surface area contributed by atoms with Crippen LogP contribution in [0.5, 0.6) is 0 Å². The molecule has 1 rings (SSSR count). The van der Waals surface area contributed by atoms with Gasteiger partial charge < -0.3 is 15.4 Å². The number of hydrogen-bond acceptors (Lipinski definition) is 3. The van der Waals surface area contributed by atoms with E-state index in [1.54, 1.807) is 0 Å². The highest BCUT2D eigenvalue weighted by Crippen LogP contribution is 2.16. The smallest absolute Gasteiger partial charge is 0.234 e. The fourth-order valence-corrected chi connectivity index (χ4v) is 2.22. The first-order valence-electron chi connectivity index (χ1n) is 7.40. The second kappa shape index (κ2) is 10.3. The summed E-state index contributed by atoms with van der Waals surface area (Å²) in [6.45, 7) is 4.83.